The van der Waals surface area contributed by atoms with Crippen molar-refractivity contribution in [3.63, 3.8) is 0 Å². The second-order valence-corrected chi connectivity index (χ2v) is 11.0. The Kier molecular flexibility index (Phi) is 9.18. The van der Waals surface area contributed by atoms with E-state index in [0.717, 1.165) is 35.5 Å². The number of alkyl halides is 3. The summed E-state index contributed by atoms with van der Waals surface area (Å²) in [6.07, 6.45) is -2.94. The molecule has 4 aromatic rings. The lowest BCUT2D eigenvalue weighted by Gasteiger charge is -2.33. The Morgan fingerprint density at radius 2 is 1.71 bits per heavy atom. The number of nitrogens with two attached hydrogens (primary N) is 1. The SMILES string of the molecule is COc1cc2cnc(N)c(C#Cc3cc(C(=O)Nc4ccc(CN5CCN(C)CC5)c(C(F)(F)F)c4)ccc3C)c2cc1OC. The molecule has 0 aliphatic carbocycles. The molecule has 5 rings (SSSR count). The van der Waals surface area contributed by atoms with E-state index in [9.17, 15) is 18.0 Å². The van der Waals surface area contributed by atoms with Crippen LogP contribution in [0.15, 0.2) is 54.7 Å². The van der Waals surface area contributed by atoms with E-state index in [1.807, 2.05) is 18.9 Å². The third-order valence-electron chi connectivity index (χ3n) is 7.91. The highest BCUT2D eigenvalue weighted by atomic mass is 19.4. The van der Waals surface area contributed by atoms with Crippen molar-refractivity contribution in [1.29, 1.82) is 0 Å². The maximum Gasteiger partial charge on any atom is 0.416 e. The quantitative estimate of drug-likeness (QED) is 0.274. The van der Waals surface area contributed by atoms with Gasteiger partial charge in [0.1, 0.15) is 5.82 Å². The molecule has 0 radical (unpaired) electrons. The van der Waals surface area contributed by atoms with Gasteiger partial charge in [0.2, 0.25) is 0 Å². The largest absolute Gasteiger partial charge is 0.493 e. The molecule has 0 atom stereocenters. The molecule has 0 bridgehead atoms. The number of carbonyl (C=O) groups is 1. The number of anilines is 2. The van der Waals surface area contributed by atoms with Crippen molar-refractivity contribution < 1.29 is 27.4 Å². The number of hydrogen-bond acceptors (Lipinski definition) is 7. The lowest BCUT2D eigenvalue weighted by Crippen LogP contribution is -2.44. The van der Waals surface area contributed by atoms with Crippen LogP contribution in [0.1, 0.15) is 38.2 Å². The number of benzene rings is 3. The number of aryl methyl sites for hydroxylation is 1. The van der Waals surface area contributed by atoms with E-state index >= 15 is 0 Å². The monoisotopic (exact) mass is 617 g/mol. The van der Waals surface area contributed by atoms with Gasteiger partial charge in [0, 0.05) is 66.5 Å². The molecule has 0 saturated carbocycles. The number of fused-ring (bicyclic) bond motifs is 1. The number of methoxy groups -OCH3 is 2. The number of nitrogens with zero attached hydrogens (tertiary/aromatic N) is 3. The van der Waals surface area contributed by atoms with Crippen LogP contribution in [-0.4, -0.2) is 68.1 Å². The van der Waals surface area contributed by atoms with Gasteiger partial charge in [0.05, 0.1) is 25.3 Å². The lowest BCUT2D eigenvalue weighted by atomic mass is 10.0. The van der Waals surface area contributed by atoms with Gasteiger partial charge in [-0.05, 0) is 61.5 Å². The van der Waals surface area contributed by atoms with Gasteiger partial charge in [-0.15, -0.1) is 0 Å². The zero-order valence-electron chi connectivity index (χ0n) is 25.5. The van der Waals surface area contributed by atoms with Crippen molar-refractivity contribution >= 4 is 28.2 Å². The Morgan fingerprint density at radius 1 is 1.00 bits per heavy atom. The molecular weight excluding hydrogens is 583 g/mol. The molecule has 2 heterocycles. The van der Waals surface area contributed by atoms with Crippen LogP contribution in [0.25, 0.3) is 10.8 Å². The lowest BCUT2D eigenvalue weighted by molar-refractivity contribution is -0.138. The van der Waals surface area contributed by atoms with Gasteiger partial charge in [-0.25, -0.2) is 4.98 Å². The number of piperazine rings is 1. The van der Waals surface area contributed by atoms with E-state index in [4.69, 9.17) is 15.2 Å². The number of pyridine rings is 1. The number of ether oxygens (including phenoxy) is 2. The van der Waals surface area contributed by atoms with Crippen LogP contribution < -0.4 is 20.5 Å². The van der Waals surface area contributed by atoms with Crippen molar-refractivity contribution in [2.45, 2.75) is 19.6 Å². The maximum absolute atomic E-state index is 14.1. The Balaban J connectivity index is 1.40. The highest BCUT2D eigenvalue weighted by Gasteiger charge is 2.34. The van der Waals surface area contributed by atoms with Gasteiger partial charge >= 0.3 is 6.18 Å². The number of nitrogens with one attached hydrogen (secondary N) is 1. The average molecular weight is 618 g/mol. The fourth-order valence-electron chi connectivity index (χ4n) is 5.22. The number of hydrogen-bond donors (Lipinski definition) is 2. The van der Waals surface area contributed by atoms with Crippen molar-refractivity contribution in [2.75, 3.05) is 58.5 Å². The van der Waals surface area contributed by atoms with Crippen molar-refractivity contribution in [1.82, 2.24) is 14.8 Å². The number of carbonyl (C=O) groups excluding carboxylic acids is 1. The molecule has 8 nitrogen and oxygen atoms in total. The fraction of sp³-hybridized carbons (Fsp3) is 0.294. The second-order valence-electron chi connectivity index (χ2n) is 11.0. The first-order chi connectivity index (χ1) is 21.5. The molecule has 45 heavy (non-hydrogen) atoms. The van der Waals surface area contributed by atoms with Crippen molar-refractivity contribution in [3.05, 3.63) is 88.1 Å². The molecule has 1 aromatic heterocycles. The Bertz CT molecular complexity index is 1810. The molecule has 11 heteroatoms. The Hall–Kier alpha value is -4.79. The smallest absolute Gasteiger partial charge is 0.416 e. The summed E-state index contributed by atoms with van der Waals surface area (Å²) in [6, 6.07) is 12.4. The molecule has 1 saturated heterocycles. The number of amides is 1. The highest BCUT2D eigenvalue weighted by molar-refractivity contribution is 6.04. The zero-order valence-corrected chi connectivity index (χ0v) is 25.5. The first kappa shape index (κ1) is 31.6. The molecule has 1 aliphatic rings. The van der Waals surface area contributed by atoms with Crippen LogP contribution in [0.3, 0.4) is 0 Å². The summed E-state index contributed by atoms with van der Waals surface area (Å²) in [5.74, 6) is 6.89. The number of aromatic nitrogens is 1. The molecule has 1 aliphatic heterocycles. The minimum absolute atomic E-state index is 0.0571. The van der Waals surface area contributed by atoms with Gasteiger partial charge in [-0.3, -0.25) is 9.69 Å². The molecule has 3 N–H and O–H groups in total. The minimum atomic E-state index is -4.57. The van der Waals surface area contributed by atoms with E-state index in [-0.39, 0.29) is 29.2 Å². The number of rotatable bonds is 6. The maximum atomic E-state index is 14.1. The van der Waals surface area contributed by atoms with E-state index in [1.54, 1.807) is 43.6 Å². The van der Waals surface area contributed by atoms with Crippen LogP contribution in [0.2, 0.25) is 0 Å². The van der Waals surface area contributed by atoms with E-state index in [0.29, 0.717) is 35.7 Å². The van der Waals surface area contributed by atoms with Crippen LogP contribution in [-0.2, 0) is 12.7 Å². The van der Waals surface area contributed by atoms with E-state index in [2.05, 4.69) is 27.0 Å². The van der Waals surface area contributed by atoms with Crippen molar-refractivity contribution in [2.24, 2.45) is 0 Å². The zero-order chi connectivity index (χ0) is 32.3. The van der Waals surface area contributed by atoms with E-state index in [1.165, 1.54) is 19.2 Å². The van der Waals surface area contributed by atoms with Crippen LogP contribution >= 0.6 is 0 Å². The van der Waals surface area contributed by atoms with Gasteiger partial charge < -0.3 is 25.4 Å². The molecule has 1 amide bonds. The fourth-order valence-corrected chi connectivity index (χ4v) is 5.22. The van der Waals surface area contributed by atoms with E-state index < -0.39 is 17.6 Å². The average Bonchev–Trinajstić information content (AvgIpc) is 3.01. The minimum Gasteiger partial charge on any atom is -0.493 e. The first-order valence-corrected chi connectivity index (χ1v) is 14.3. The molecule has 3 aromatic carbocycles. The molecular formula is C34H34F3N5O3. The Labute approximate surface area is 259 Å². The van der Waals surface area contributed by atoms with Crippen LogP contribution in [0, 0.1) is 18.8 Å². The summed E-state index contributed by atoms with van der Waals surface area (Å²) in [5, 5.41) is 4.09. The summed E-state index contributed by atoms with van der Waals surface area (Å²) in [7, 11) is 5.07. The third-order valence-corrected chi connectivity index (χ3v) is 7.91. The Morgan fingerprint density at radius 3 is 2.40 bits per heavy atom. The summed E-state index contributed by atoms with van der Waals surface area (Å²) in [4.78, 5) is 21.6. The second kappa shape index (κ2) is 13.1. The number of halogens is 3. The standard InChI is InChI=1S/C34H34F3N5O3/c1-21-5-6-23(15-22(21)8-10-27-28-18-31(45-4)30(44-3)16-25(28)19-39-32(27)38)33(43)40-26-9-7-24(29(17-26)34(35,36)37)20-42-13-11-41(2)12-14-42/h5-7,9,15-19H,11-14,20H2,1-4H3,(H2,38,39)(H,40,43). The predicted octanol–water partition coefficient (Wildman–Crippen LogP) is 5.56. The molecule has 234 valence electrons. The van der Waals surface area contributed by atoms with Crippen molar-refractivity contribution in [3.8, 4) is 23.3 Å². The molecule has 0 spiro atoms. The van der Waals surface area contributed by atoms with Crippen LogP contribution in [0.5, 0.6) is 11.5 Å². The van der Waals surface area contributed by atoms with Gasteiger partial charge in [-0.2, -0.15) is 13.2 Å². The summed E-state index contributed by atoms with van der Waals surface area (Å²) < 4.78 is 53.0. The summed E-state index contributed by atoms with van der Waals surface area (Å²) >= 11 is 0. The summed E-state index contributed by atoms with van der Waals surface area (Å²) in [5.41, 5.74) is 7.75. The van der Waals surface area contributed by atoms with Gasteiger partial charge in [0.15, 0.2) is 11.5 Å². The van der Waals surface area contributed by atoms with Crippen LogP contribution in [0.4, 0.5) is 24.7 Å². The first-order valence-electron chi connectivity index (χ1n) is 14.3. The molecule has 0 unspecified atom stereocenters. The normalized spacial score (nSPS) is 14.1. The van der Waals surface area contributed by atoms with Gasteiger partial charge in [-0.1, -0.05) is 24.0 Å². The molecule has 1 fully saturated rings. The third kappa shape index (κ3) is 7.14. The highest BCUT2D eigenvalue weighted by Crippen LogP contribution is 2.36. The summed E-state index contributed by atoms with van der Waals surface area (Å²) in [6.45, 7) is 5.02. The number of likely N-dealkylation sites (N-methyl/N-ethyl adjacent to an activating group) is 1. The predicted molar refractivity (Wildman–Crippen MR) is 169 cm³/mol. The number of nitrogen functional groups attached to an aromatic ring is 1. The van der Waals surface area contributed by atoms with Gasteiger partial charge in [0.25, 0.3) is 5.91 Å². The topological polar surface area (TPSA) is 93.0 Å².